The van der Waals surface area contributed by atoms with Crippen LogP contribution in [0.3, 0.4) is 0 Å². The van der Waals surface area contributed by atoms with E-state index in [0.29, 0.717) is 13.1 Å². The molecule has 2 rings (SSSR count). The van der Waals surface area contributed by atoms with Crippen LogP contribution >= 0.6 is 0 Å². The maximum atomic E-state index is 11.9. The van der Waals surface area contributed by atoms with Gasteiger partial charge in [-0.25, -0.2) is 0 Å². The quantitative estimate of drug-likeness (QED) is 0.892. The highest BCUT2D eigenvalue weighted by Gasteiger charge is 2.20. The first-order chi connectivity index (χ1) is 10.2. The summed E-state index contributed by atoms with van der Waals surface area (Å²) in [6, 6.07) is 9.96. The second kappa shape index (κ2) is 7.65. The number of hydrogen-bond donors (Lipinski definition) is 1. The lowest BCUT2D eigenvalue weighted by atomic mass is 9.99. The summed E-state index contributed by atoms with van der Waals surface area (Å²) in [7, 11) is 1.63. The third kappa shape index (κ3) is 4.76. The zero-order chi connectivity index (χ0) is 15.1. The van der Waals surface area contributed by atoms with Gasteiger partial charge in [-0.15, -0.1) is 0 Å². The number of benzene rings is 1. The van der Waals surface area contributed by atoms with Crippen molar-refractivity contribution in [1.82, 2.24) is 10.2 Å². The Balaban J connectivity index is 1.74. The molecule has 0 saturated carbocycles. The molecule has 1 amide bonds. The average molecular weight is 287 g/mol. The third-order valence-corrected chi connectivity index (χ3v) is 3.76. The zero-order valence-electron chi connectivity index (χ0n) is 12.3. The molecule has 1 aliphatic rings. The Hall–Kier alpha value is -2.06. The van der Waals surface area contributed by atoms with Gasteiger partial charge in [0.15, 0.2) is 0 Å². The Bertz CT molecular complexity index is 516. The zero-order valence-corrected chi connectivity index (χ0v) is 12.3. The van der Waals surface area contributed by atoms with Gasteiger partial charge < -0.3 is 10.1 Å². The summed E-state index contributed by atoms with van der Waals surface area (Å²) in [6.45, 7) is 2.56. The molecule has 0 aromatic heterocycles. The highest BCUT2D eigenvalue weighted by molar-refractivity contribution is 5.78. The Morgan fingerprint density at radius 2 is 2.24 bits per heavy atom. The fourth-order valence-corrected chi connectivity index (χ4v) is 2.46. The van der Waals surface area contributed by atoms with Crippen LogP contribution in [0.15, 0.2) is 24.3 Å². The Kier molecular flexibility index (Phi) is 5.59. The van der Waals surface area contributed by atoms with E-state index >= 15 is 0 Å². The standard InChI is InChI=1S/C16H21N3O2/c1-21-15-4-2-3-14(9-15)11-18-16(20)12-19-7-5-13(10-17)6-8-19/h2-4,9,13H,5-8,11-12H2,1H3,(H,18,20). The molecule has 0 spiro atoms. The van der Waals surface area contributed by atoms with Gasteiger partial charge in [-0.3, -0.25) is 9.69 Å². The van der Waals surface area contributed by atoms with Crippen molar-refractivity contribution in [3.8, 4) is 11.8 Å². The Morgan fingerprint density at radius 3 is 2.90 bits per heavy atom. The van der Waals surface area contributed by atoms with E-state index in [1.807, 2.05) is 24.3 Å². The van der Waals surface area contributed by atoms with Crippen LogP contribution in [0, 0.1) is 17.2 Å². The van der Waals surface area contributed by atoms with Crippen LogP contribution in [0.25, 0.3) is 0 Å². The number of likely N-dealkylation sites (tertiary alicyclic amines) is 1. The minimum atomic E-state index is 0.0215. The van der Waals surface area contributed by atoms with Crippen molar-refractivity contribution >= 4 is 5.91 Å². The fourth-order valence-electron chi connectivity index (χ4n) is 2.46. The van der Waals surface area contributed by atoms with Crippen LogP contribution in [0.1, 0.15) is 18.4 Å². The maximum absolute atomic E-state index is 11.9. The number of piperidine rings is 1. The molecule has 1 aromatic carbocycles. The van der Waals surface area contributed by atoms with E-state index in [-0.39, 0.29) is 11.8 Å². The fraction of sp³-hybridized carbons (Fsp3) is 0.500. The average Bonchev–Trinajstić information content (AvgIpc) is 2.54. The number of nitrogens with zero attached hydrogens (tertiary/aromatic N) is 2. The number of amides is 1. The second-order valence-corrected chi connectivity index (χ2v) is 5.31. The van der Waals surface area contributed by atoms with Gasteiger partial charge in [0.25, 0.3) is 0 Å². The minimum absolute atomic E-state index is 0.0215. The molecule has 0 radical (unpaired) electrons. The molecule has 112 valence electrons. The lowest BCUT2D eigenvalue weighted by Crippen LogP contribution is -2.41. The van der Waals surface area contributed by atoms with Crippen molar-refractivity contribution in [1.29, 1.82) is 5.26 Å². The largest absolute Gasteiger partial charge is 0.497 e. The Morgan fingerprint density at radius 1 is 1.48 bits per heavy atom. The molecule has 0 aliphatic carbocycles. The summed E-state index contributed by atoms with van der Waals surface area (Å²) in [4.78, 5) is 14.0. The number of methoxy groups -OCH3 is 1. The van der Waals surface area contributed by atoms with Gasteiger partial charge in [0.05, 0.1) is 19.7 Å². The van der Waals surface area contributed by atoms with E-state index in [4.69, 9.17) is 10.00 Å². The summed E-state index contributed by atoms with van der Waals surface area (Å²) in [6.07, 6.45) is 1.72. The molecule has 1 heterocycles. The number of carbonyl (C=O) groups is 1. The van der Waals surface area contributed by atoms with Crippen LogP contribution in [-0.2, 0) is 11.3 Å². The highest BCUT2D eigenvalue weighted by atomic mass is 16.5. The van der Waals surface area contributed by atoms with Gasteiger partial charge in [-0.2, -0.15) is 5.26 Å². The van der Waals surface area contributed by atoms with Crippen molar-refractivity contribution in [2.45, 2.75) is 19.4 Å². The monoisotopic (exact) mass is 287 g/mol. The van der Waals surface area contributed by atoms with Crippen LogP contribution in [0.2, 0.25) is 0 Å². The van der Waals surface area contributed by atoms with Gasteiger partial charge in [-0.1, -0.05) is 12.1 Å². The summed E-state index contributed by atoms with van der Waals surface area (Å²) < 4.78 is 5.16. The SMILES string of the molecule is COc1cccc(CNC(=O)CN2CCC(C#N)CC2)c1. The van der Waals surface area contributed by atoms with Gasteiger partial charge in [-0.05, 0) is 43.6 Å². The van der Waals surface area contributed by atoms with E-state index in [1.54, 1.807) is 7.11 Å². The smallest absolute Gasteiger partial charge is 0.234 e. The van der Waals surface area contributed by atoms with Crippen LogP contribution < -0.4 is 10.1 Å². The summed E-state index contributed by atoms with van der Waals surface area (Å²) in [5.41, 5.74) is 1.02. The van der Waals surface area contributed by atoms with E-state index in [9.17, 15) is 4.79 Å². The number of rotatable bonds is 5. The van der Waals surface area contributed by atoms with Crippen molar-refractivity contribution < 1.29 is 9.53 Å². The second-order valence-electron chi connectivity index (χ2n) is 5.31. The van der Waals surface area contributed by atoms with Crippen molar-refractivity contribution in [3.05, 3.63) is 29.8 Å². The van der Waals surface area contributed by atoms with E-state index < -0.39 is 0 Å². The molecule has 1 N–H and O–H groups in total. The molecule has 1 aliphatic heterocycles. The van der Waals surface area contributed by atoms with Gasteiger partial charge >= 0.3 is 0 Å². The topological polar surface area (TPSA) is 65.4 Å². The number of nitriles is 1. The minimum Gasteiger partial charge on any atom is -0.497 e. The van der Waals surface area contributed by atoms with Crippen LogP contribution in [0.4, 0.5) is 0 Å². The summed E-state index contributed by atoms with van der Waals surface area (Å²) in [5, 5.41) is 11.8. The molecule has 5 nitrogen and oxygen atoms in total. The lowest BCUT2D eigenvalue weighted by Gasteiger charge is -2.28. The number of nitrogens with one attached hydrogen (secondary N) is 1. The van der Waals surface area contributed by atoms with Crippen molar-refractivity contribution in [2.24, 2.45) is 5.92 Å². The molecular formula is C16H21N3O2. The molecule has 21 heavy (non-hydrogen) atoms. The third-order valence-electron chi connectivity index (χ3n) is 3.76. The van der Waals surface area contributed by atoms with E-state index in [2.05, 4.69) is 16.3 Å². The predicted octanol–water partition coefficient (Wildman–Crippen LogP) is 1.55. The number of ether oxygens (including phenoxy) is 1. The molecule has 1 fully saturated rings. The molecule has 1 aromatic rings. The van der Waals surface area contributed by atoms with Gasteiger partial charge in [0.1, 0.15) is 5.75 Å². The summed E-state index contributed by atoms with van der Waals surface area (Å²) >= 11 is 0. The first-order valence-corrected chi connectivity index (χ1v) is 7.23. The molecule has 1 saturated heterocycles. The van der Waals surface area contributed by atoms with Gasteiger partial charge in [0, 0.05) is 12.5 Å². The summed E-state index contributed by atoms with van der Waals surface area (Å²) in [5.74, 6) is 0.967. The molecule has 0 bridgehead atoms. The highest BCUT2D eigenvalue weighted by Crippen LogP contribution is 2.15. The normalized spacial score (nSPS) is 16.2. The molecule has 0 atom stereocenters. The van der Waals surface area contributed by atoms with Crippen LogP contribution in [0.5, 0.6) is 5.75 Å². The Labute approximate surface area is 125 Å². The molecule has 5 heteroatoms. The van der Waals surface area contributed by atoms with Crippen molar-refractivity contribution in [2.75, 3.05) is 26.7 Å². The first kappa shape index (κ1) is 15.3. The van der Waals surface area contributed by atoms with Crippen LogP contribution in [-0.4, -0.2) is 37.6 Å². The van der Waals surface area contributed by atoms with E-state index in [0.717, 1.165) is 37.2 Å². The predicted molar refractivity (Wildman–Crippen MR) is 79.6 cm³/mol. The molecular weight excluding hydrogens is 266 g/mol. The molecule has 0 unspecified atom stereocenters. The number of carbonyl (C=O) groups excluding carboxylic acids is 1. The first-order valence-electron chi connectivity index (χ1n) is 7.23. The maximum Gasteiger partial charge on any atom is 0.234 e. The van der Waals surface area contributed by atoms with E-state index in [1.165, 1.54) is 0 Å². The lowest BCUT2D eigenvalue weighted by molar-refractivity contribution is -0.122. The van der Waals surface area contributed by atoms with Gasteiger partial charge in [0.2, 0.25) is 5.91 Å². The number of hydrogen-bond acceptors (Lipinski definition) is 4. The van der Waals surface area contributed by atoms with Crippen molar-refractivity contribution in [3.63, 3.8) is 0 Å².